The summed E-state index contributed by atoms with van der Waals surface area (Å²) >= 11 is 0. The van der Waals surface area contributed by atoms with Crippen LogP contribution in [0.5, 0.6) is 0 Å². The lowest BCUT2D eigenvalue weighted by molar-refractivity contribution is 0.587. The predicted octanol–water partition coefficient (Wildman–Crippen LogP) is 3.13. The predicted molar refractivity (Wildman–Crippen MR) is 55.8 cm³/mol. The van der Waals surface area contributed by atoms with Crippen molar-refractivity contribution in [1.82, 2.24) is 4.98 Å². The number of aromatic nitrogens is 1. The Balaban J connectivity index is 2.92. The van der Waals surface area contributed by atoms with Gasteiger partial charge in [0.2, 0.25) is 0 Å². The van der Waals surface area contributed by atoms with Crippen LogP contribution in [-0.4, -0.2) is 4.98 Å². The van der Waals surface area contributed by atoms with Crippen LogP contribution in [0, 0.1) is 6.20 Å². The number of hydrogen-bond donors (Lipinski definition) is 0. The monoisotopic (exact) mass is 176 g/mol. The molecule has 1 radical (unpaired) electrons. The summed E-state index contributed by atoms with van der Waals surface area (Å²) in [5.41, 5.74) is 2.70. The summed E-state index contributed by atoms with van der Waals surface area (Å²) < 4.78 is 0. The van der Waals surface area contributed by atoms with Crippen LogP contribution in [0.1, 0.15) is 45.4 Å². The van der Waals surface area contributed by atoms with Crippen LogP contribution in [-0.2, 0) is 11.8 Å². The zero-order chi connectivity index (χ0) is 9.90. The third-order valence-corrected chi connectivity index (χ3v) is 2.12. The van der Waals surface area contributed by atoms with Crippen LogP contribution in [0.2, 0.25) is 0 Å². The molecule has 1 aromatic heterocycles. The van der Waals surface area contributed by atoms with Crippen molar-refractivity contribution in [2.75, 3.05) is 0 Å². The molecule has 0 aromatic carbocycles. The van der Waals surface area contributed by atoms with Crippen LogP contribution in [0.4, 0.5) is 0 Å². The molecule has 0 unspecified atom stereocenters. The Bertz CT molecular complexity index is 271. The van der Waals surface area contributed by atoms with E-state index in [9.17, 15) is 0 Å². The minimum Gasteiger partial charge on any atom is -0.251 e. The van der Waals surface area contributed by atoms with Crippen molar-refractivity contribution in [3.05, 3.63) is 29.6 Å². The highest BCUT2D eigenvalue weighted by Gasteiger charge is 2.13. The first-order chi connectivity index (χ1) is 6.04. The summed E-state index contributed by atoms with van der Waals surface area (Å²) in [5.74, 6) is 0. The lowest BCUT2D eigenvalue weighted by atomic mass is 9.87. The number of pyridine rings is 1. The second kappa shape index (κ2) is 3.91. The molecule has 0 bridgehead atoms. The number of aryl methyl sites for hydroxylation is 1. The van der Waals surface area contributed by atoms with Crippen molar-refractivity contribution >= 4 is 0 Å². The molecule has 0 saturated carbocycles. The van der Waals surface area contributed by atoms with Gasteiger partial charge in [0, 0.05) is 5.69 Å². The Morgan fingerprint density at radius 1 is 1.38 bits per heavy atom. The molecule has 1 rings (SSSR count). The molecular weight excluding hydrogens is 158 g/mol. The quantitative estimate of drug-likeness (QED) is 0.674. The molecule has 1 nitrogen and oxygen atoms in total. The summed E-state index contributed by atoms with van der Waals surface area (Å²) in [6.45, 7) is 8.81. The van der Waals surface area contributed by atoms with E-state index in [-0.39, 0.29) is 5.41 Å². The van der Waals surface area contributed by atoms with E-state index in [0.717, 1.165) is 18.5 Å². The molecule has 0 saturated heterocycles. The first-order valence-corrected chi connectivity index (χ1v) is 4.91. The van der Waals surface area contributed by atoms with Gasteiger partial charge in [0.1, 0.15) is 0 Å². The largest absolute Gasteiger partial charge is 0.251 e. The van der Waals surface area contributed by atoms with Crippen LogP contribution in [0.3, 0.4) is 0 Å². The third-order valence-electron chi connectivity index (χ3n) is 2.12. The molecule has 13 heavy (non-hydrogen) atoms. The topological polar surface area (TPSA) is 12.9 Å². The molecule has 0 N–H and O–H groups in total. The smallest absolute Gasteiger partial charge is 0.0892 e. The molecule has 0 fully saturated rings. The lowest BCUT2D eigenvalue weighted by Crippen LogP contribution is -2.11. The Morgan fingerprint density at radius 2 is 2.08 bits per heavy atom. The zero-order valence-electron chi connectivity index (χ0n) is 9.02. The molecule has 0 spiro atoms. The van der Waals surface area contributed by atoms with Gasteiger partial charge in [-0.1, -0.05) is 34.1 Å². The molecule has 0 aliphatic rings. The minimum absolute atomic E-state index is 0.210. The molecule has 0 aliphatic carbocycles. The Labute approximate surface area is 81.2 Å². The summed E-state index contributed by atoms with van der Waals surface area (Å²) in [7, 11) is 0. The van der Waals surface area contributed by atoms with Gasteiger partial charge < -0.3 is 0 Å². The minimum atomic E-state index is 0.210. The van der Waals surface area contributed by atoms with Gasteiger partial charge in [0.25, 0.3) is 0 Å². The second-order valence-corrected chi connectivity index (χ2v) is 4.48. The van der Waals surface area contributed by atoms with Crippen LogP contribution < -0.4 is 0 Å². The molecule has 71 valence electrons. The molecular formula is C12H18N. The fourth-order valence-electron chi connectivity index (χ4n) is 1.26. The van der Waals surface area contributed by atoms with Crippen molar-refractivity contribution in [2.24, 2.45) is 0 Å². The standard InChI is InChI=1S/C12H18N/c1-5-6-11-9-10(7-8-13-11)12(2,3)4/h7,9H,5-6H2,1-4H3. The maximum atomic E-state index is 4.22. The first-order valence-electron chi connectivity index (χ1n) is 4.91. The van der Waals surface area contributed by atoms with Crippen molar-refractivity contribution in [3.8, 4) is 0 Å². The second-order valence-electron chi connectivity index (χ2n) is 4.48. The number of hydrogen-bond acceptors (Lipinski definition) is 1. The van der Waals surface area contributed by atoms with Gasteiger partial charge in [-0.25, -0.2) is 0 Å². The Morgan fingerprint density at radius 3 is 2.62 bits per heavy atom. The van der Waals surface area contributed by atoms with Gasteiger partial charge in [0.05, 0.1) is 6.20 Å². The van der Waals surface area contributed by atoms with E-state index >= 15 is 0 Å². The molecule has 1 heterocycles. The summed E-state index contributed by atoms with van der Waals surface area (Å²) in [5, 5.41) is 0. The Kier molecular flexibility index (Phi) is 3.07. The van der Waals surface area contributed by atoms with E-state index in [2.05, 4.69) is 44.9 Å². The van der Waals surface area contributed by atoms with Crippen molar-refractivity contribution < 1.29 is 0 Å². The average Bonchev–Trinajstić information content (AvgIpc) is 2.04. The zero-order valence-corrected chi connectivity index (χ0v) is 9.02. The van der Waals surface area contributed by atoms with E-state index in [0.29, 0.717) is 0 Å². The fraction of sp³-hybridized carbons (Fsp3) is 0.583. The maximum absolute atomic E-state index is 4.22. The lowest BCUT2D eigenvalue weighted by Gasteiger charge is -2.19. The first kappa shape index (κ1) is 10.2. The highest BCUT2D eigenvalue weighted by molar-refractivity contribution is 5.23. The molecule has 1 heteroatoms. The fourth-order valence-corrected chi connectivity index (χ4v) is 1.26. The number of nitrogens with zero attached hydrogens (tertiary/aromatic N) is 1. The normalized spacial score (nSPS) is 11.7. The van der Waals surface area contributed by atoms with Gasteiger partial charge in [0.15, 0.2) is 0 Å². The Hall–Kier alpha value is -0.850. The van der Waals surface area contributed by atoms with E-state index in [1.165, 1.54) is 5.56 Å². The van der Waals surface area contributed by atoms with Crippen LogP contribution >= 0.6 is 0 Å². The summed E-state index contributed by atoms with van der Waals surface area (Å²) in [4.78, 5) is 4.22. The van der Waals surface area contributed by atoms with Crippen molar-refractivity contribution in [3.63, 3.8) is 0 Å². The maximum Gasteiger partial charge on any atom is 0.0892 e. The molecule has 1 aromatic rings. The van der Waals surface area contributed by atoms with Crippen molar-refractivity contribution in [2.45, 2.75) is 46.0 Å². The average molecular weight is 176 g/mol. The highest BCUT2D eigenvalue weighted by Crippen LogP contribution is 2.21. The van der Waals surface area contributed by atoms with E-state index in [4.69, 9.17) is 0 Å². The third kappa shape index (κ3) is 2.83. The van der Waals surface area contributed by atoms with Gasteiger partial charge in [-0.15, -0.1) is 0 Å². The van der Waals surface area contributed by atoms with E-state index in [1.54, 1.807) is 0 Å². The summed E-state index contributed by atoms with van der Waals surface area (Å²) in [6, 6.07) is 4.18. The molecule has 0 amide bonds. The van der Waals surface area contributed by atoms with Gasteiger partial charge in [-0.05, 0) is 29.5 Å². The van der Waals surface area contributed by atoms with Gasteiger partial charge in [-0.2, -0.15) is 0 Å². The van der Waals surface area contributed by atoms with Crippen LogP contribution in [0.15, 0.2) is 12.1 Å². The highest BCUT2D eigenvalue weighted by atomic mass is 14.7. The van der Waals surface area contributed by atoms with Gasteiger partial charge >= 0.3 is 0 Å². The number of rotatable bonds is 2. The summed E-state index contributed by atoms with van der Waals surface area (Å²) in [6.07, 6.45) is 5.17. The molecule has 0 aliphatic heterocycles. The SMILES string of the molecule is CCCc1cc(C(C)(C)C)c[c]n1. The van der Waals surface area contributed by atoms with E-state index in [1.807, 2.05) is 6.07 Å². The molecule has 0 atom stereocenters. The van der Waals surface area contributed by atoms with E-state index < -0.39 is 0 Å². The van der Waals surface area contributed by atoms with Gasteiger partial charge in [-0.3, -0.25) is 4.98 Å². The van der Waals surface area contributed by atoms with Crippen molar-refractivity contribution in [1.29, 1.82) is 0 Å². The van der Waals surface area contributed by atoms with Crippen LogP contribution in [0.25, 0.3) is 0 Å².